The molecule has 0 saturated heterocycles. The molecular formula is C14H23N3O2. The van der Waals surface area contributed by atoms with Gasteiger partial charge >= 0.3 is 6.03 Å². The second-order valence-corrected chi connectivity index (χ2v) is 5.30. The first-order valence-corrected chi connectivity index (χ1v) is 7.20. The molecular weight excluding hydrogens is 242 g/mol. The molecule has 1 fully saturated rings. The average Bonchev–Trinajstić information content (AvgIpc) is 2.76. The second kappa shape index (κ2) is 7.16. The summed E-state index contributed by atoms with van der Waals surface area (Å²) in [6, 6.07) is 2.04. The van der Waals surface area contributed by atoms with Crippen molar-refractivity contribution in [3.8, 4) is 0 Å². The molecule has 0 radical (unpaired) electrons. The Bertz CT molecular complexity index is 395. The van der Waals surface area contributed by atoms with Crippen LogP contribution in [0.25, 0.3) is 0 Å². The first-order chi connectivity index (χ1) is 9.24. The molecule has 2 rings (SSSR count). The van der Waals surface area contributed by atoms with E-state index >= 15 is 0 Å². The molecule has 2 N–H and O–H groups in total. The summed E-state index contributed by atoms with van der Waals surface area (Å²) in [5, 5.41) is 9.72. The third kappa shape index (κ3) is 4.93. The lowest BCUT2D eigenvalue weighted by Gasteiger charge is -2.21. The zero-order valence-electron chi connectivity index (χ0n) is 11.6. The van der Waals surface area contributed by atoms with Gasteiger partial charge in [0.05, 0.1) is 6.54 Å². The van der Waals surface area contributed by atoms with Gasteiger partial charge in [0.15, 0.2) is 0 Å². The van der Waals surface area contributed by atoms with E-state index < -0.39 is 0 Å². The maximum absolute atomic E-state index is 11.8. The Hall–Kier alpha value is -1.52. The lowest BCUT2D eigenvalue weighted by Crippen LogP contribution is -2.42. The van der Waals surface area contributed by atoms with Crippen molar-refractivity contribution in [1.29, 1.82) is 0 Å². The van der Waals surface area contributed by atoms with Crippen LogP contribution in [0.2, 0.25) is 0 Å². The van der Waals surface area contributed by atoms with Crippen molar-refractivity contribution < 1.29 is 9.32 Å². The molecule has 0 aromatic carbocycles. The lowest BCUT2D eigenvalue weighted by molar-refractivity contribution is 0.233. The molecule has 5 nitrogen and oxygen atoms in total. The first kappa shape index (κ1) is 13.9. The minimum absolute atomic E-state index is 0.105. The minimum Gasteiger partial charge on any atom is -0.361 e. The Morgan fingerprint density at radius 2 is 2.00 bits per heavy atom. The van der Waals surface area contributed by atoms with Crippen LogP contribution in [0.5, 0.6) is 0 Å². The highest BCUT2D eigenvalue weighted by molar-refractivity contribution is 5.74. The van der Waals surface area contributed by atoms with Crippen molar-refractivity contribution in [3.63, 3.8) is 0 Å². The number of nitrogens with one attached hydrogen (secondary N) is 2. The molecule has 1 aliphatic carbocycles. The Morgan fingerprint density at radius 3 is 2.63 bits per heavy atom. The van der Waals surface area contributed by atoms with Gasteiger partial charge in [-0.25, -0.2) is 4.79 Å². The van der Waals surface area contributed by atoms with E-state index in [0.29, 0.717) is 12.6 Å². The van der Waals surface area contributed by atoms with Crippen LogP contribution >= 0.6 is 0 Å². The van der Waals surface area contributed by atoms with E-state index in [1.807, 2.05) is 13.0 Å². The lowest BCUT2D eigenvalue weighted by atomic mass is 9.97. The predicted octanol–water partition coefficient (Wildman–Crippen LogP) is 2.90. The summed E-state index contributed by atoms with van der Waals surface area (Å²) in [7, 11) is 0. The zero-order valence-corrected chi connectivity index (χ0v) is 11.6. The number of aromatic nitrogens is 1. The highest BCUT2D eigenvalue weighted by atomic mass is 16.5. The standard InChI is InChI=1S/C14H23N3O2/c1-11-9-13(17-19-11)10-15-14(18)16-12-7-5-3-2-4-6-8-12/h9,12H,2-8,10H2,1H3,(H2,15,16,18). The number of nitrogens with zero attached hydrogens (tertiary/aromatic N) is 1. The number of aryl methyl sites for hydroxylation is 1. The Kier molecular flexibility index (Phi) is 5.24. The molecule has 106 valence electrons. The van der Waals surface area contributed by atoms with E-state index in [2.05, 4.69) is 15.8 Å². The maximum Gasteiger partial charge on any atom is 0.315 e. The van der Waals surface area contributed by atoms with Crippen molar-refractivity contribution in [2.45, 2.75) is 64.5 Å². The summed E-state index contributed by atoms with van der Waals surface area (Å²) in [6.07, 6.45) is 8.54. The summed E-state index contributed by atoms with van der Waals surface area (Å²) in [5.41, 5.74) is 0.755. The second-order valence-electron chi connectivity index (χ2n) is 5.30. The van der Waals surface area contributed by atoms with Crippen molar-refractivity contribution in [2.75, 3.05) is 0 Å². The Labute approximate surface area is 114 Å². The third-order valence-corrected chi connectivity index (χ3v) is 3.55. The van der Waals surface area contributed by atoms with Gasteiger partial charge < -0.3 is 15.2 Å². The smallest absolute Gasteiger partial charge is 0.315 e. The van der Waals surface area contributed by atoms with Crippen LogP contribution in [0, 0.1) is 6.92 Å². The monoisotopic (exact) mass is 265 g/mol. The molecule has 0 spiro atoms. The Morgan fingerprint density at radius 1 is 1.32 bits per heavy atom. The third-order valence-electron chi connectivity index (χ3n) is 3.55. The maximum atomic E-state index is 11.8. The van der Waals surface area contributed by atoms with Gasteiger partial charge in [-0.15, -0.1) is 0 Å². The van der Waals surface area contributed by atoms with Gasteiger partial charge in [0, 0.05) is 12.1 Å². The Balaban J connectivity index is 1.70. The topological polar surface area (TPSA) is 67.2 Å². The van der Waals surface area contributed by atoms with E-state index in [9.17, 15) is 4.79 Å². The van der Waals surface area contributed by atoms with Crippen LogP contribution in [-0.2, 0) is 6.54 Å². The minimum atomic E-state index is -0.105. The summed E-state index contributed by atoms with van der Waals surface area (Å²) < 4.78 is 4.96. The van der Waals surface area contributed by atoms with Crippen molar-refractivity contribution >= 4 is 6.03 Å². The molecule has 0 unspecified atom stereocenters. The fourth-order valence-electron chi connectivity index (χ4n) is 2.51. The van der Waals surface area contributed by atoms with Crippen LogP contribution < -0.4 is 10.6 Å². The largest absolute Gasteiger partial charge is 0.361 e. The SMILES string of the molecule is Cc1cc(CNC(=O)NC2CCCCCCC2)no1. The molecule has 1 aromatic rings. The summed E-state index contributed by atoms with van der Waals surface area (Å²) in [5.74, 6) is 0.761. The number of carbonyl (C=O) groups excluding carboxylic acids is 1. The van der Waals surface area contributed by atoms with E-state index in [1.165, 1.54) is 32.1 Å². The molecule has 1 aliphatic rings. The fourth-order valence-corrected chi connectivity index (χ4v) is 2.51. The van der Waals surface area contributed by atoms with Crippen molar-refractivity contribution in [1.82, 2.24) is 15.8 Å². The molecule has 2 amide bonds. The number of rotatable bonds is 3. The molecule has 1 heterocycles. The van der Waals surface area contributed by atoms with Crippen LogP contribution in [-0.4, -0.2) is 17.2 Å². The molecule has 19 heavy (non-hydrogen) atoms. The summed E-state index contributed by atoms with van der Waals surface area (Å²) >= 11 is 0. The molecule has 1 saturated carbocycles. The van der Waals surface area contributed by atoms with Gasteiger partial charge in [-0.3, -0.25) is 0 Å². The van der Waals surface area contributed by atoms with Crippen LogP contribution in [0.4, 0.5) is 4.79 Å². The fraction of sp³-hybridized carbons (Fsp3) is 0.714. The van der Waals surface area contributed by atoms with E-state index in [1.54, 1.807) is 0 Å². The van der Waals surface area contributed by atoms with Crippen LogP contribution in [0.15, 0.2) is 10.6 Å². The number of hydrogen-bond donors (Lipinski definition) is 2. The molecule has 1 aromatic heterocycles. The number of urea groups is 1. The normalized spacial score (nSPS) is 17.5. The number of amides is 2. The highest BCUT2D eigenvalue weighted by Gasteiger charge is 2.13. The van der Waals surface area contributed by atoms with Gasteiger partial charge in [-0.05, 0) is 19.8 Å². The number of carbonyl (C=O) groups is 1. The molecule has 5 heteroatoms. The van der Waals surface area contributed by atoms with Crippen molar-refractivity contribution in [2.24, 2.45) is 0 Å². The quantitative estimate of drug-likeness (QED) is 0.883. The van der Waals surface area contributed by atoms with E-state index in [4.69, 9.17) is 4.52 Å². The average molecular weight is 265 g/mol. The van der Waals surface area contributed by atoms with Crippen molar-refractivity contribution in [3.05, 3.63) is 17.5 Å². The van der Waals surface area contributed by atoms with Crippen LogP contribution in [0.1, 0.15) is 56.4 Å². The molecule has 0 aliphatic heterocycles. The first-order valence-electron chi connectivity index (χ1n) is 7.20. The predicted molar refractivity (Wildman–Crippen MR) is 72.7 cm³/mol. The van der Waals surface area contributed by atoms with Gasteiger partial charge in [0.2, 0.25) is 0 Å². The molecule has 0 bridgehead atoms. The van der Waals surface area contributed by atoms with Gasteiger partial charge in [0.1, 0.15) is 11.5 Å². The van der Waals surface area contributed by atoms with E-state index in [0.717, 1.165) is 24.3 Å². The highest BCUT2D eigenvalue weighted by Crippen LogP contribution is 2.16. The van der Waals surface area contributed by atoms with Gasteiger partial charge in [-0.1, -0.05) is 37.3 Å². The zero-order chi connectivity index (χ0) is 13.5. The van der Waals surface area contributed by atoms with E-state index in [-0.39, 0.29) is 6.03 Å². The number of hydrogen-bond acceptors (Lipinski definition) is 3. The van der Waals surface area contributed by atoms with Gasteiger partial charge in [0.25, 0.3) is 0 Å². The summed E-state index contributed by atoms with van der Waals surface area (Å²) in [4.78, 5) is 11.8. The molecule has 0 atom stereocenters. The summed E-state index contributed by atoms with van der Waals surface area (Å²) in [6.45, 7) is 2.25. The van der Waals surface area contributed by atoms with Gasteiger partial charge in [-0.2, -0.15) is 0 Å². The van der Waals surface area contributed by atoms with Crippen LogP contribution in [0.3, 0.4) is 0 Å².